The Hall–Kier alpha value is -2.45. The molecule has 0 radical (unpaired) electrons. The normalized spacial score (nSPS) is 25.8. The summed E-state index contributed by atoms with van der Waals surface area (Å²) in [6, 6.07) is -0.503. The van der Waals surface area contributed by atoms with Crippen LogP contribution in [0.1, 0.15) is 32.1 Å². The summed E-state index contributed by atoms with van der Waals surface area (Å²) in [6.45, 7) is 0.0656. The molecule has 25 heavy (non-hydrogen) atoms. The number of esters is 1. The Balaban J connectivity index is 1.44. The molecule has 5 amide bonds. The fraction of sp³-hybridized carbons (Fsp3) is 0.688. The highest BCUT2D eigenvalue weighted by Gasteiger charge is 2.47. The van der Waals surface area contributed by atoms with Crippen LogP contribution in [0.2, 0.25) is 0 Å². The molecule has 9 nitrogen and oxygen atoms in total. The second-order valence-electron chi connectivity index (χ2n) is 6.51. The van der Waals surface area contributed by atoms with Crippen molar-refractivity contribution >= 4 is 29.7 Å². The predicted octanol–water partition coefficient (Wildman–Crippen LogP) is -0.353. The topological polar surface area (TPSA) is 113 Å². The molecule has 1 aliphatic carbocycles. The minimum absolute atomic E-state index is 0.0259. The Morgan fingerprint density at radius 1 is 1.08 bits per heavy atom. The van der Waals surface area contributed by atoms with E-state index in [9.17, 15) is 24.0 Å². The largest absolute Gasteiger partial charge is 0.455 e. The smallest absolute Gasteiger partial charge is 0.324 e. The average molecular weight is 351 g/mol. The number of nitrogens with one attached hydrogen (secondary N) is 1. The van der Waals surface area contributed by atoms with E-state index in [0.29, 0.717) is 6.54 Å². The molecule has 9 heteroatoms. The number of amides is 5. The molecule has 2 atom stereocenters. The predicted molar refractivity (Wildman–Crippen MR) is 82.9 cm³/mol. The molecule has 2 unspecified atom stereocenters. The zero-order chi connectivity index (χ0) is 18.0. The van der Waals surface area contributed by atoms with Crippen molar-refractivity contribution in [2.45, 2.75) is 32.1 Å². The highest BCUT2D eigenvalue weighted by molar-refractivity contribution is 6.05. The number of carbonyl (C=O) groups excluding carboxylic acids is 5. The van der Waals surface area contributed by atoms with Gasteiger partial charge in [-0.05, 0) is 12.8 Å². The fourth-order valence-electron chi connectivity index (χ4n) is 3.66. The molecule has 3 aliphatic rings. The minimum atomic E-state index is -0.677. The Kier molecular flexibility index (Phi) is 5.00. The van der Waals surface area contributed by atoms with Crippen LogP contribution in [0.4, 0.5) is 4.79 Å². The lowest BCUT2D eigenvalue weighted by Gasteiger charge is -2.19. The van der Waals surface area contributed by atoms with Gasteiger partial charge in [0, 0.05) is 19.6 Å². The first-order chi connectivity index (χ1) is 12.0. The molecule has 3 rings (SSSR count). The summed E-state index contributed by atoms with van der Waals surface area (Å²) in [5.74, 6) is -2.16. The van der Waals surface area contributed by atoms with Crippen molar-refractivity contribution in [3.8, 4) is 0 Å². The van der Waals surface area contributed by atoms with Crippen molar-refractivity contribution in [3.05, 3.63) is 0 Å². The maximum Gasteiger partial charge on any atom is 0.324 e. The summed E-state index contributed by atoms with van der Waals surface area (Å²) in [4.78, 5) is 61.6. The number of likely N-dealkylation sites (tertiary alicyclic amines) is 1. The number of rotatable bonds is 5. The molecule has 0 aromatic heterocycles. The van der Waals surface area contributed by atoms with E-state index >= 15 is 0 Å². The maximum atomic E-state index is 12.3. The first-order valence-electron chi connectivity index (χ1n) is 8.58. The Morgan fingerprint density at radius 3 is 2.28 bits per heavy atom. The van der Waals surface area contributed by atoms with E-state index in [1.165, 1.54) is 0 Å². The third-order valence-corrected chi connectivity index (χ3v) is 4.99. The van der Waals surface area contributed by atoms with Crippen molar-refractivity contribution in [3.63, 3.8) is 0 Å². The first-order valence-corrected chi connectivity index (χ1v) is 8.58. The summed E-state index contributed by atoms with van der Waals surface area (Å²) >= 11 is 0. The number of nitrogens with zero attached hydrogens (tertiary/aromatic N) is 2. The lowest BCUT2D eigenvalue weighted by Crippen LogP contribution is -2.37. The minimum Gasteiger partial charge on any atom is -0.455 e. The van der Waals surface area contributed by atoms with E-state index in [0.717, 1.165) is 35.5 Å². The maximum absolute atomic E-state index is 12.3. The summed E-state index contributed by atoms with van der Waals surface area (Å²) in [5.41, 5.74) is 0. The van der Waals surface area contributed by atoms with Crippen LogP contribution in [-0.2, 0) is 23.9 Å². The van der Waals surface area contributed by atoms with Gasteiger partial charge in [-0.3, -0.25) is 29.0 Å². The average Bonchev–Trinajstić information content (AvgIpc) is 3.14. The van der Waals surface area contributed by atoms with E-state index in [1.54, 1.807) is 0 Å². The summed E-state index contributed by atoms with van der Waals surface area (Å²) in [6.07, 6.45) is 3.19. The van der Waals surface area contributed by atoms with Gasteiger partial charge in [-0.2, -0.15) is 0 Å². The number of imide groups is 2. The van der Waals surface area contributed by atoms with Gasteiger partial charge in [-0.1, -0.05) is 12.8 Å². The van der Waals surface area contributed by atoms with Crippen molar-refractivity contribution in [2.24, 2.45) is 11.8 Å². The summed E-state index contributed by atoms with van der Waals surface area (Å²) in [5, 5.41) is 2.48. The molecule has 0 aromatic rings. The second kappa shape index (κ2) is 7.20. The number of carbonyl (C=O) groups is 5. The standard InChI is InChI=1S/C16H21N3O6/c20-12(18-8-6-17-16(18)24)9-25-13(21)5-7-19-14(22)10-3-1-2-4-11(10)15(19)23/h10-11H,1-9H2,(H,17,24). The van der Waals surface area contributed by atoms with Gasteiger partial charge in [-0.25, -0.2) is 4.79 Å². The van der Waals surface area contributed by atoms with Gasteiger partial charge < -0.3 is 10.1 Å². The van der Waals surface area contributed by atoms with Crippen molar-refractivity contribution in [1.82, 2.24) is 15.1 Å². The molecular formula is C16H21N3O6. The van der Waals surface area contributed by atoms with Gasteiger partial charge in [0.05, 0.1) is 18.3 Å². The molecule has 1 saturated carbocycles. The third kappa shape index (κ3) is 3.49. The number of urea groups is 1. The summed E-state index contributed by atoms with van der Waals surface area (Å²) in [7, 11) is 0. The van der Waals surface area contributed by atoms with Crippen LogP contribution >= 0.6 is 0 Å². The van der Waals surface area contributed by atoms with Crippen LogP contribution in [0.5, 0.6) is 0 Å². The van der Waals surface area contributed by atoms with Gasteiger partial charge in [0.2, 0.25) is 11.8 Å². The number of hydrogen-bond donors (Lipinski definition) is 1. The van der Waals surface area contributed by atoms with E-state index < -0.39 is 24.5 Å². The molecule has 136 valence electrons. The van der Waals surface area contributed by atoms with Crippen molar-refractivity contribution < 1.29 is 28.7 Å². The monoisotopic (exact) mass is 351 g/mol. The highest BCUT2D eigenvalue weighted by atomic mass is 16.5. The SMILES string of the molecule is O=C(CCN1C(=O)C2CCCCC2C1=O)OCC(=O)N1CCNC1=O. The van der Waals surface area contributed by atoms with Gasteiger partial charge in [0.15, 0.2) is 6.61 Å². The van der Waals surface area contributed by atoms with Gasteiger partial charge in [0.1, 0.15) is 0 Å². The molecular weight excluding hydrogens is 330 g/mol. The Morgan fingerprint density at radius 2 is 1.72 bits per heavy atom. The van der Waals surface area contributed by atoms with Crippen molar-refractivity contribution in [1.29, 1.82) is 0 Å². The molecule has 0 spiro atoms. The van der Waals surface area contributed by atoms with E-state index in [1.807, 2.05) is 0 Å². The van der Waals surface area contributed by atoms with Crippen LogP contribution in [0, 0.1) is 11.8 Å². The van der Waals surface area contributed by atoms with Crippen LogP contribution in [0.25, 0.3) is 0 Å². The number of hydrogen-bond acceptors (Lipinski definition) is 6. The first kappa shape index (κ1) is 17.4. The zero-order valence-electron chi connectivity index (χ0n) is 13.9. The van der Waals surface area contributed by atoms with Crippen LogP contribution in [0.3, 0.4) is 0 Å². The lowest BCUT2D eigenvalue weighted by atomic mass is 9.81. The van der Waals surface area contributed by atoms with Crippen LogP contribution in [0.15, 0.2) is 0 Å². The molecule has 2 heterocycles. The van der Waals surface area contributed by atoms with E-state index in [-0.39, 0.29) is 43.2 Å². The molecule has 0 bridgehead atoms. The van der Waals surface area contributed by atoms with E-state index in [4.69, 9.17) is 4.74 Å². The number of fused-ring (bicyclic) bond motifs is 1. The van der Waals surface area contributed by atoms with Gasteiger partial charge in [0.25, 0.3) is 5.91 Å². The number of ether oxygens (including phenoxy) is 1. The second-order valence-corrected chi connectivity index (χ2v) is 6.51. The molecule has 0 aromatic carbocycles. The molecule has 2 saturated heterocycles. The Labute approximate surface area is 144 Å². The van der Waals surface area contributed by atoms with Crippen molar-refractivity contribution in [2.75, 3.05) is 26.2 Å². The quantitative estimate of drug-likeness (QED) is 0.535. The fourth-order valence-corrected chi connectivity index (χ4v) is 3.66. The third-order valence-electron chi connectivity index (χ3n) is 4.99. The van der Waals surface area contributed by atoms with Crippen LogP contribution in [-0.4, -0.2) is 65.8 Å². The lowest BCUT2D eigenvalue weighted by molar-refractivity contribution is -0.151. The molecule has 3 fully saturated rings. The van der Waals surface area contributed by atoms with Gasteiger partial charge in [-0.15, -0.1) is 0 Å². The molecule has 2 aliphatic heterocycles. The molecule has 1 N–H and O–H groups in total. The van der Waals surface area contributed by atoms with Crippen LogP contribution < -0.4 is 5.32 Å². The summed E-state index contributed by atoms with van der Waals surface area (Å²) < 4.78 is 4.85. The van der Waals surface area contributed by atoms with E-state index in [2.05, 4.69) is 5.32 Å². The zero-order valence-corrected chi connectivity index (χ0v) is 13.9. The highest BCUT2D eigenvalue weighted by Crippen LogP contribution is 2.37. The Bertz CT molecular complexity index is 595. The van der Waals surface area contributed by atoms with Gasteiger partial charge >= 0.3 is 12.0 Å².